The Balaban J connectivity index is 2.00. The van der Waals surface area contributed by atoms with Gasteiger partial charge in [0.05, 0.1) is 25.1 Å². The summed E-state index contributed by atoms with van der Waals surface area (Å²) >= 11 is 0. The van der Waals surface area contributed by atoms with E-state index in [1.807, 2.05) is 63.2 Å². The van der Waals surface area contributed by atoms with Crippen molar-refractivity contribution in [1.29, 1.82) is 0 Å². The fourth-order valence-corrected chi connectivity index (χ4v) is 4.37. The molecule has 1 atom stereocenters. The molecule has 0 aliphatic carbocycles. The van der Waals surface area contributed by atoms with Gasteiger partial charge in [-0.2, -0.15) is 0 Å². The first-order chi connectivity index (χ1) is 14.2. The Morgan fingerprint density at radius 3 is 2.37 bits per heavy atom. The van der Waals surface area contributed by atoms with E-state index in [0.29, 0.717) is 12.1 Å². The minimum Gasteiger partial charge on any atom is -0.497 e. The van der Waals surface area contributed by atoms with Crippen molar-refractivity contribution in [3.8, 4) is 5.75 Å². The monoisotopic (exact) mass is 432 g/mol. The summed E-state index contributed by atoms with van der Waals surface area (Å²) in [4.78, 5) is 12.5. The summed E-state index contributed by atoms with van der Waals surface area (Å²) in [6.45, 7) is 6.10. The zero-order valence-corrected chi connectivity index (χ0v) is 19.3. The molecule has 6 nitrogen and oxygen atoms in total. The number of sulfonamides is 1. The van der Waals surface area contributed by atoms with Crippen molar-refractivity contribution >= 4 is 21.6 Å². The lowest BCUT2D eigenvalue weighted by molar-refractivity contribution is -0.121. The molecule has 0 fully saturated rings. The first-order valence-electron chi connectivity index (χ1n) is 10.1. The third-order valence-corrected chi connectivity index (χ3v) is 6.24. The second-order valence-corrected chi connectivity index (χ2v) is 9.44. The first kappa shape index (κ1) is 23.7. The maximum atomic E-state index is 12.5. The number of methoxy groups -OCH3 is 1. The number of carbonyl (C=O) groups excluding carboxylic acids is 1. The number of nitrogens with zero attached hydrogens (tertiary/aromatic N) is 1. The number of nitrogens with one attached hydrogen (secondary N) is 1. The Bertz CT molecular complexity index is 956. The Hall–Kier alpha value is -2.54. The van der Waals surface area contributed by atoms with Crippen LogP contribution in [0.5, 0.6) is 5.75 Å². The molecule has 30 heavy (non-hydrogen) atoms. The standard InChI is InChI=1S/C23H32N2O4S/c1-6-21(19-11-13-20(29-4)14-12-19)24-23(26)8-7-15-25(30(5,27)28)22-16-17(2)9-10-18(22)3/h9-14,16,21H,6-8,15H2,1-5H3,(H,24,26)/t21-/m1/s1. The average molecular weight is 433 g/mol. The van der Waals surface area contributed by atoms with Crippen LogP contribution in [0.15, 0.2) is 42.5 Å². The van der Waals surface area contributed by atoms with E-state index >= 15 is 0 Å². The Kier molecular flexibility index (Phi) is 8.29. The fraction of sp³-hybridized carbons (Fsp3) is 0.435. The van der Waals surface area contributed by atoms with Crippen molar-refractivity contribution in [2.24, 2.45) is 0 Å². The van der Waals surface area contributed by atoms with Crippen LogP contribution in [0, 0.1) is 13.8 Å². The van der Waals surface area contributed by atoms with Crippen LogP contribution >= 0.6 is 0 Å². The molecule has 0 radical (unpaired) electrons. The Labute approximate surface area is 180 Å². The molecule has 2 aromatic rings. The van der Waals surface area contributed by atoms with Gasteiger partial charge in [0.2, 0.25) is 15.9 Å². The fourth-order valence-electron chi connectivity index (χ4n) is 3.36. The van der Waals surface area contributed by atoms with E-state index in [0.717, 1.165) is 28.9 Å². The van der Waals surface area contributed by atoms with Gasteiger partial charge in [-0.3, -0.25) is 9.10 Å². The highest BCUT2D eigenvalue weighted by Crippen LogP contribution is 2.25. The summed E-state index contributed by atoms with van der Waals surface area (Å²) in [5.41, 5.74) is 3.57. The SMILES string of the molecule is CC[C@@H](NC(=O)CCCN(c1cc(C)ccc1C)S(C)(=O)=O)c1ccc(OC)cc1. The molecule has 2 aromatic carbocycles. The van der Waals surface area contributed by atoms with Gasteiger partial charge in [0.15, 0.2) is 0 Å². The van der Waals surface area contributed by atoms with E-state index in [1.54, 1.807) is 7.11 Å². The van der Waals surface area contributed by atoms with Crippen molar-refractivity contribution in [1.82, 2.24) is 5.32 Å². The van der Waals surface area contributed by atoms with Crippen LogP contribution in [0.25, 0.3) is 0 Å². The van der Waals surface area contributed by atoms with Crippen LogP contribution in [0.2, 0.25) is 0 Å². The Morgan fingerprint density at radius 1 is 1.13 bits per heavy atom. The van der Waals surface area contributed by atoms with Crippen LogP contribution in [-0.4, -0.2) is 34.2 Å². The number of hydrogen-bond acceptors (Lipinski definition) is 4. The van der Waals surface area contributed by atoms with Crippen molar-refractivity contribution in [2.75, 3.05) is 24.2 Å². The lowest BCUT2D eigenvalue weighted by Crippen LogP contribution is -2.33. The van der Waals surface area contributed by atoms with Crippen molar-refractivity contribution in [2.45, 2.75) is 46.1 Å². The van der Waals surface area contributed by atoms with Crippen molar-refractivity contribution < 1.29 is 17.9 Å². The molecule has 1 amide bonds. The molecular formula is C23H32N2O4S. The number of anilines is 1. The Morgan fingerprint density at radius 2 is 1.80 bits per heavy atom. The van der Waals surface area contributed by atoms with Crippen molar-refractivity contribution in [3.05, 3.63) is 59.2 Å². The van der Waals surface area contributed by atoms with Gasteiger partial charge >= 0.3 is 0 Å². The van der Waals surface area contributed by atoms with Gasteiger partial charge < -0.3 is 10.1 Å². The zero-order valence-electron chi connectivity index (χ0n) is 18.4. The highest BCUT2D eigenvalue weighted by Gasteiger charge is 2.20. The number of ether oxygens (including phenoxy) is 1. The lowest BCUT2D eigenvalue weighted by atomic mass is 10.0. The van der Waals surface area contributed by atoms with Gasteiger partial charge in [-0.1, -0.05) is 31.2 Å². The molecule has 0 unspecified atom stereocenters. The van der Waals surface area contributed by atoms with Gasteiger partial charge in [0, 0.05) is 13.0 Å². The summed E-state index contributed by atoms with van der Waals surface area (Å²) in [6.07, 6.45) is 2.65. The van der Waals surface area contributed by atoms with Crippen LogP contribution in [0.3, 0.4) is 0 Å². The summed E-state index contributed by atoms with van der Waals surface area (Å²) in [6, 6.07) is 13.3. The van der Waals surface area contributed by atoms with E-state index < -0.39 is 10.0 Å². The largest absolute Gasteiger partial charge is 0.497 e. The van der Waals surface area contributed by atoms with E-state index in [2.05, 4.69) is 5.32 Å². The molecule has 1 N–H and O–H groups in total. The normalized spacial score (nSPS) is 12.3. The molecule has 0 spiro atoms. The van der Waals surface area contributed by atoms with Crippen LogP contribution in [0.1, 0.15) is 48.9 Å². The number of aryl methyl sites for hydroxylation is 2. The molecule has 0 heterocycles. The van der Waals surface area contributed by atoms with Crippen LogP contribution in [-0.2, 0) is 14.8 Å². The zero-order chi connectivity index (χ0) is 22.3. The predicted molar refractivity (Wildman–Crippen MR) is 122 cm³/mol. The van der Waals surface area contributed by atoms with Gasteiger partial charge in [-0.25, -0.2) is 8.42 Å². The highest BCUT2D eigenvalue weighted by molar-refractivity contribution is 7.92. The van der Waals surface area contributed by atoms with E-state index in [9.17, 15) is 13.2 Å². The minimum atomic E-state index is -3.44. The number of rotatable bonds is 10. The maximum Gasteiger partial charge on any atom is 0.232 e. The summed E-state index contributed by atoms with van der Waals surface area (Å²) in [5, 5.41) is 3.05. The average Bonchev–Trinajstić information content (AvgIpc) is 2.70. The third kappa shape index (κ3) is 6.49. The smallest absolute Gasteiger partial charge is 0.232 e. The molecule has 0 bridgehead atoms. The van der Waals surface area contributed by atoms with E-state index in [4.69, 9.17) is 4.74 Å². The first-order valence-corrected chi connectivity index (χ1v) is 12.0. The summed E-state index contributed by atoms with van der Waals surface area (Å²) < 4.78 is 31.3. The van der Waals surface area contributed by atoms with Crippen LogP contribution in [0.4, 0.5) is 5.69 Å². The number of benzene rings is 2. The van der Waals surface area contributed by atoms with E-state index in [-0.39, 0.29) is 24.9 Å². The molecule has 0 aliphatic heterocycles. The number of amides is 1. The topological polar surface area (TPSA) is 75.7 Å². The quantitative estimate of drug-likeness (QED) is 0.613. The number of carbonyl (C=O) groups is 1. The second-order valence-electron chi connectivity index (χ2n) is 7.53. The predicted octanol–water partition coefficient (Wildman–Crippen LogP) is 4.13. The molecule has 0 saturated carbocycles. The van der Waals surface area contributed by atoms with Crippen LogP contribution < -0.4 is 14.4 Å². The molecule has 2 rings (SSSR count). The summed E-state index contributed by atoms with van der Waals surface area (Å²) in [5.74, 6) is 0.680. The minimum absolute atomic E-state index is 0.0894. The second kappa shape index (κ2) is 10.5. The van der Waals surface area contributed by atoms with Gasteiger partial charge in [-0.05, 0) is 61.6 Å². The molecule has 164 valence electrons. The van der Waals surface area contributed by atoms with Gasteiger partial charge in [0.25, 0.3) is 0 Å². The third-order valence-electron chi connectivity index (χ3n) is 5.06. The summed E-state index contributed by atoms with van der Waals surface area (Å²) in [7, 11) is -1.83. The maximum absolute atomic E-state index is 12.5. The van der Waals surface area contributed by atoms with Crippen molar-refractivity contribution in [3.63, 3.8) is 0 Å². The van der Waals surface area contributed by atoms with Gasteiger partial charge in [0.1, 0.15) is 5.75 Å². The van der Waals surface area contributed by atoms with E-state index in [1.165, 1.54) is 10.6 Å². The molecular weight excluding hydrogens is 400 g/mol. The van der Waals surface area contributed by atoms with Gasteiger partial charge in [-0.15, -0.1) is 0 Å². The number of hydrogen-bond donors (Lipinski definition) is 1. The lowest BCUT2D eigenvalue weighted by Gasteiger charge is -2.25. The molecule has 0 saturated heterocycles. The molecule has 7 heteroatoms. The molecule has 0 aromatic heterocycles. The molecule has 0 aliphatic rings. The highest BCUT2D eigenvalue weighted by atomic mass is 32.2.